The molecule has 1 heterocycles. The molecule has 1 N–H and O–H groups in total. The highest BCUT2D eigenvalue weighted by Gasteiger charge is 2.22. The van der Waals surface area contributed by atoms with Crippen LogP contribution in [0.3, 0.4) is 0 Å². The first-order valence-corrected chi connectivity index (χ1v) is 7.93. The number of nitrogens with one attached hydrogen (secondary N) is 1. The molecule has 0 amide bonds. The van der Waals surface area contributed by atoms with Crippen LogP contribution in [0.25, 0.3) is 0 Å². The smallest absolute Gasteiger partial charge is 0.293 e. The number of methoxy groups -OCH3 is 1. The average Bonchev–Trinajstić information content (AvgIpc) is 2.36. The Balaban J connectivity index is 0.000000486. The van der Waals surface area contributed by atoms with Crippen molar-refractivity contribution in [3.05, 3.63) is 0 Å². The Hall–Kier alpha value is -0.650. The molecular weight excluding hydrogens is 268 g/mol. The number of carbonyl (C=O) groups excluding carboxylic acids is 1. The SMILES string of the molecule is CC(C)(C)OC=O.COCCC1CCCCN1NC(C)C. The molecule has 0 aliphatic carbocycles. The Labute approximate surface area is 130 Å². The summed E-state index contributed by atoms with van der Waals surface area (Å²) >= 11 is 0. The summed E-state index contributed by atoms with van der Waals surface area (Å²) in [6.07, 6.45) is 5.15. The van der Waals surface area contributed by atoms with E-state index in [1.165, 1.54) is 25.8 Å². The van der Waals surface area contributed by atoms with E-state index in [2.05, 4.69) is 29.0 Å². The number of piperidine rings is 1. The van der Waals surface area contributed by atoms with Crippen molar-refractivity contribution in [2.24, 2.45) is 0 Å². The maximum absolute atomic E-state index is 9.60. The summed E-state index contributed by atoms with van der Waals surface area (Å²) in [5.41, 5.74) is 3.20. The first-order valence-electron chi connectivity index (χ1n) is 7.93. The first kappa shape index (κ1) is 20.3. The van der Waals surface area contributed by atoms with Gasteiger partial charge in [-0.2, -0.15) is 0 Å². The highest BCUT2D eigenvalue weighted by Crippen LogP contribution is 2.17. The Morgan fingerprint density at radius 2 is 2.00 bits per heavy atom. The molecule has 0 aromatic rings. The van der Waals surface area contributed by atoms with Crippen molar-refractivity contribution >= 4 is 6.47 Å². The van der Waals surface area contributed by atoms with Crippen molar-refractivity contribution in [1.82, 2.24) is 10.4 Å². The van der Waals surface area contributed by atoms with E-state index in [4.69, 9.17) is 4.74 Å². The lowest BCUT2D eigenvalue weighted by atomic mass is 10.0. The number of hydrazine groups is 1. The third-order valence-electron chi connectivity index (χ3n) is 3.11. The van der Waals surface area contributed by atoms with E-state index in [0.29, 0.717) is 18.6 Å². The zero-order chi connectivity index (χ0) is 16.3. The van der Waals surface area contributed by atoms with Crippen LogP contribution in [-0.2, 0) is 14.3 Å². The first-order chi connectivity index (χ1) is 9.80. The van der Waals surface area contributed by atoms with E-state index in [-0.39, 0.29) is 5.60 Å². The zero-order valence-electron chi connectivity index (χ0n) is 14.6. The van der Waals surface area contributed by atoms with E-state index >= 15 is 0 Å². The van der Waals surface area contributed by atoms with Gasteiger partial charge in [-0.15, -0.1) is 0 Å². The molecule has 0 saturated carbocycles. The summed E-state index contributed by atoms with van der Waals surface area (Å²) in [7, 11) is 1.78. The average molecular weight is 302 g/mol. The molecule has 0 bridgehead atoms. The highest BCUT2D eigenvalue weighted by atomic mass is 16.5. The molecule has 1 aliphatic heterocycles. The van der Waals surface area contributed by atoms with Crippen LogP contribution in [0.1, 0.15) is 60.3 Å². The molecule has 126 valence electrons. The van der Waals surface area contributed by atoms with Crippen molar-refractivity contribution in [3.8, 4) is 0 Å². The molecule has 1 aliphatic rings. The van der Waals surface area contributed by atoms with Crippen molar-refractivity contribution in [2.75, 3.05) is 20.3 Å². The fourth-order valence-corrected chi connectivity index (χ4v) is 2.20. The molecule has 21 heavy (non-hydrogen) atoms. The van der Waals surface area contributed by atoms with Gasteiger partial charge in [0.05, 0.1) is 0 Å². The normalized spacial score (nSPS) is 19.9. The summed E-state index contributed by atoms with van der Waals surface area (Å²) in [5.74, 6) is 0. The summed E-state index contributed by atoms with van der Waals surface area (Å²) in [4.78, 5) is 9.60. The number of rotatable bonds is 6. The molecule has 1 unspecified atom stereocenters. The summed E-state index contributed by atoms with van der Waals surface area (Å²) in [5, 5.41) is 2.41. The second-order valence-corrected chi connectivity index (χ2v) is 6.73. The van der Waals surface area contributed by atoms with Gasteiger partial charge in [0.2, 0.25) is 0 Å². The van der Waals surface area contributed by atoms with Crippen LogP contribution >= 0.6 is 0 Å². The fraction of sp³-hybridized carbons (Fsp3) is 0.938. The van der Waals surface area contributed by atoms with Gasteiger partial charge in [-0.3, -0.25) is 10.2 Å². The standard InChI is InChI=1S/C11H24N2O.C5H10O2/c1-10(2)12-13-8-5-4-6-11(13)7-9-14-3;1-5(2,3)7-4-6/h10-12H,4-9H2,1-3H3;4H,1-3H3. The van der Waals surface area contributed by atoms with Crippen molar-refractivity contribution in [1.29, 1.82) is 0 Å². The van der Waals surface area contributed by atoms with E-state index in [1.807, 2.05) is 20.8 Å². The Morgan fingerprint density at radius 1 is 1.33 bits per heavy atom. The Kier molecular flexibility index (Phi) is 10.6. The Morgan fingerprint density at radius 3 is 2.43 bits per heavy atom. The highest BCUT2D eigenvalue weighted by molar-refractivity contribution is 5.37. The van der Waals surface area contributed by atoms with Crippen LogP contribution in [0.4, 0.5) is 0 Å². The molecule has 0 aromatic carbocycles. The third-order valence-corrected chi connectivity index (χ3v) is 3.11. The van der Waals surface area contributed by atoms with Gasteiger partial charge in [-0.1, -0.05) is 6.42 Å². The molecular formula is C16H34N2O3. The van der Waals surface area contributed by atoms with Crippen molar-refractivity contribution in [3.63, 3.8) is 0 Å². The summed E-state index contributed by atoms with van der Waals surface area (Å²) in [6.45, 7) is 12.4. The van der Waals surface area contributed by atoms with Crippen LogP contribution in [0.5, 0.6) is 0 Å². The van der Waals surface area contributed by atoms with Gasteiger partial charge in [0, 0.05) is 32.3 Å². The summed E-state index contributed by atoms with van der Waals surface area (Å²) in [6, 6.07) is 1.21. The van der Waals surface area contributed by atoms with E-state index in [9.17, 15) is 4.79 Å². The second kappa shape index (κ2) is 11.0. The molecule has 1 atom stereocenters. The third kappa shape index (κ3) is 11.7. The maximum Gasteiger partial charge on any atom is 0.293 e. The molecule has 1 saturated heterocycles. The van der Waals surface area contributed by atoms with E-state index in [0.717, 1.165) is 13.0 Å². The quantitative estimate of drug-likeness (QED) is 0.765. The molecule has 5 heteroatoms. The molecule has 5 nitrogen and oxygen atoms in total. The maximum atomic E-state index is 9.60. The Bertz CT molecular complexity index is 265. The van der Waals surface area contributed by atoms with Gasteiger partial charge in [-0.25, -0.2) is 5.01 Å². The number of ether oxygens (including phenoxy) is 2. The van der Waals surface area contributed by atoms with E-state index < -0.39 is 0 Å². The van der Waals surface area contributed by atoms with Gasteiger partial charge in [0.15, 0.2) is 0 Å². The van der Waals surface area contributed by atoms with Crippen LogP contribution in [0.15, 0.2) is 0 Å². The predicted molar refractivity (Wildman–Crippen MR) is 86.0 cm³/mol. The zero-order valence-corrected chi connectivity index (χ0v) is 14.6. The predicted octanol–water partition coefficient (Wildman–Crippen LogP) is 2.75. The minimum atomic E-state index is -0.318. The van der Waals surface area contributed by atoms with Crippen LogP contribution in [0.2, 0.25) is 0 Å². The van der Waals surface area contributed by atoms with E-state index in [1.54, 1.807) is 7.11 Å². The fourth-order valence-electron chi connectivity index (χ4n) is 2.20. The molecule has 1 rings (SSSR count). The number of nitrogens with zero attached hydrogens (tertiary/aromatic N) is 1. The molecule has 0 spiro atoms. The van der Waals surface area contributed by atoms with Gasteiger partial charge in [0.1, 0.15) is 5.60 Å². The molecule has 1 fully saturated rings. The minimum Gasteiger partial charge on any atom is -0.462 e. The summed E-state index contributed by atoms with van der Waals surface area (Å²) < 4.78 is 9.69. The monoisotopic (exact) mass is 302 g/mol. The minimum absolute atomic E-state index is 0.318. The van der Waals surface area contributed by atoms with Crippen molar-refractivity contribution < 1.29 is 14.3 Å². The largest absolute Gasteiger partial charge is 0.462 e. The molecule has 0 radical (unpaired) electrons. The lowest BCUT2D eigenvalue weighted by Crippen LogP contribution is -2.51. The van der Waals surface area contributed by atoms with Gasteiger partial charge in [-0.05, 0) is 53.9 Å². The van der Waals surface area contributed by atoms with Crippen LogP contribution < -0.4 is 5.43 Å². The lowest BCUT2D eigenvalue weighted by Gasteiger charge is -2.37. The van der Waals surface area contributed by atoms with Gasteiger partial charge in [0.25, 0.3) is 6.47 Å². The van der Waals surface area contributed by atoms with Gasteiger partial charge < -0.3 is 9.47 Å². The van der Waals surface area contributed by atoms with Crippen molar-refractivity contribution in [2.45, 2.75) is 78.0 Å². The van der Waals surface area contributed by atoms with Gasteiger partial charge >= 0.3 is 0 Å². The number of hydrogen-bond acceptors (Lipinski definition) is 5. The van der Waals surface area contributed by atoms with Crippen LogP contribution in [0, 0.1) is 0 Å². The lowest BCUT2D eigenvalue weighted by molar-refractivity contribution is -0.138. The topological polar surface area (TPSA) is 50.8 Å². The molecule has 0 aromatic heterocycles. The second-order valence-electron chi connectivity index (χ2n) is 6.73. The number of carbonyl (C=O) groups is 1. The van der Waals surface area contributed by atoms with Crippen LogP contribution in [-0.4, -0.2) is 49.4 Å². The number of hydrogen-bond donors (Lipinski definition) is 1.